The molecule has 5 nitrogen and oxygen atoms in total. The minimum atomic E-state index is -0.859. The molecule has 5 heteroatoms. The molecule has 0 bridgehead atoms. The Bertz CT molecular complexity index is 243. The van der Waals surface area contributed by atoms with Crippen molar-refractivity contribution in [1.29, 1.82) is 0 Å². The van der Waals surface area contributed by atoms with Crippen LogP contribution in [-0.4, -0.2) is 35.6 Å². The lowest BCUT2D eigenvalue weighted by molar-refractivity contribution is -0.136. The molecule has 0 aromatic carbocycles. The molecule has 15 heavy (non-hydrogen) atoms. The van der Waals surface area contributed by atoms with E-state index in [0.29, 0.717) is 0 Å². The minimum Gasteiger partial charge on any atom is -0.480 e. The second-order valence-electron chi connectivity index (χ2n) is 3.97. The van der Waals surface area contributed by atoms with Crippen LogP contribution in [0.25, 0.3) is 0 Å². The number of carbonyl (C=O) groups is 2. The highest BCUT2D eigenvalue weighted by Crippen LogP contribution is 2.18. The zero-order valence-corrected chi connectivity index (χ0v) is 8.95. The summed E-state index contributed by atoms with van der Waals surface area (Å²) in [4.78, 5) is 21.4. The molecule has 3 N–H and O–H groups in total. The fraction of sp³-hybridized carbons (Fsp3) is 0.800. The average molecular weight is 214 g/mol. The summed E-state index contributed by atoms with van der Waals surface area (Å²) in [5, 5.41) is 14.4. The Morgan fingerprint density at radius 3 is 2.40 bits per heavy atom. The van der Waals surface area contributed by atoms with Crippen LogP contribution in [0, 0.1) is 0 Å². The molecule has 1 aliphatic rings. The van der Waals surface area contributed by atoms with E-state index in [1.54, 1.807) is 0 Å². The molecular formula is C10H18N2O3. The topological polar surface area (TPSA) is 78.4 Å². The molecule has 0 heterocycles. The van der Waals surface area contributed by atoms with Crippen LogP contribution in [0.1, 0.15) is 32.6 Å². The van der Waals surface area contributed by atoms with Crippen molar-refractivity contribution in [3.05, 3.63) is 0 Å². The van der Waals surface area contributed by atoms with Gasteiger partial charge in [0.05, 0.1) is 6.54 Å². The third kappa shape index (κ3) is 4.29. The van der Waals surface area contributed by atoms with Crippen LogP contribution in [0.2, 0.25) is 0 Å². The minimum absolute atomic E-state index is 0.0409. The molecule has 1 aliphatic carbocycles. The lowest BCUT2D eigenvalue weighted by atomic mass is 9.90. The molecular weight excluding hydrogens is 196 g/mol. The first-order chi connectivity index (χ1) is 7.09. The largest absolute Gasteiger partial charge is 0.480 e. The van der Waals surface area contributed by atoms with Gasteiger partial charge in [0.15, 0.2) is 0 Å². The zero-order chi connectivity index (χ0) is 11.3. The Morgan fingerprint density at radius 2 is 1.87 bits per heavy atom. The van der Waals surface area contributed by atoms with E-state index >= 15 is 0 Å². The van der Waals surface area contributed by atoms with Gasteiger partial charge in [-0.25, -0.2) is 0 Å². The molecule has 1 amide bonds. The number of carbonyl (C=O) groups excluding carboxylic acids is 1. The smallest absolute Gasteiger partial charge is 0.317 e. The number of hydrogen-bond acceptors (Lipinski definition) is 3. The molecule has 1 fully saturated rings. The molecule has 2 atom stereocenters. The SMILES string of the molecule is CC(=O)NC1CCCCC1NCC(=O)O. The molecule has 0 aromatic rings. The predicted molar refractivity (Wildman–Crippen MR) is 55.5 cm³/mol. The van der Waals surface area contributed by atoms with Crippen LogP contribution in [-0.2, 0) is 9.59 Å². The van der Waals surface area contributed by atoms with E-state index in [1.165, 1.54) is 6.92 Å². The van der Waals surface area contributed by atoms with E-state index in [-0.39, 0.29) is 24.5 Å². The second-order valence-corrected chi connectivity index (χ2v) is 3.97. The molecule has 0 radical (unpaired) electrons. The van der Waals surface area contributed by atoms with Gasteiger partial charge in [-0.2, -0.15) is 0 Å². The molecule has 0 saturated heterocycles. The molecule has 86 valence electrons. The van der Waals surface area contributed by atoms with Crippen LogP contribution < -0.4 is 10.6 Å². The summed E-state index contributed by atoms with van der Waals surface area (Å²) in [5.74, 6) is -0.911. The van der Waals surface area contributed by atoms with E-state index in [0.717, 1.165) is 25.7 Å². The summed E-state index contributed by atoms with van der Waals surface area (Å²) in [5.41, 5.74) is 0. The quantitative estimate of drug-likeness (QED) is 0.620. The van der Waals surface area contributed by atoms with Crippen molar-refractivity contribution in [1.82, 2.24) is 10.6 Å². The fourth-order valence-electron chi connectivity index (χ4n) is 2.03. The molecule has 0 aliphatic heterocycles. The Morgan fingerprint density at radius 1 is 1.27 bits per heavy atom. The highest BCUT2D eigenvalue weighted by Gasteiger charge is 2.25. The molecule has 2 unspecified atom stereocenters. The van der Waals surface area contributed by atoms with Gasteiger partial charge >= 0.3 is 5.97 Å². The maximum atomic E-state index is 10.9. The summed E-state index contributed by atoms with van der Waals surface area (Å²) in [6, 6.07) is 0.175. The monoisotopic (exact) mass is 214 g/mol. The zero-order valence-electron chi connectivity index (χ0n) is 8.95. The summed E-state index contributed by atoms with van der Waals surface area (Å²) in [6.07, 6.45) is 4.04. The van der Waals surface area contributed by atoms with Crippen molar-refractivity contribution < 1.29 is 14.7 Å². The van der Waals surface area contributed by atoms with E-state index in [9.17, 15) is 9.59 Å². The predicted octanol–water partition coefficient (Wildman–Crippen LogP) is 0.108. The summed E-state index contributed by atoms with van der Waals surface area (Å²) in [6.45, 7) is 1.45. The number of carboxylic acid groups (broad SMARTS) is 1. The number of nitrogens with one attached hydrogen (secondary N) is 2. The van der Waals surface area contributed by atoms with Crippen LogP contribution in [0.15, 0.2) is 0 Å². The van der Waals surface area contributed by atoms with Gasteiger partial charge in [-0.1, -0.05) is 12.8 Å². The Kier molecular flexibility index (Phi) is 4.55. The number of carboxylic acids is 1. The van der Waals surface area contributed by atoms with E-state index in [1.807, 2.05) is 0 Å². The lowest BCUT2D eigenvalue weighted by Crippen LogP contribution is -2.52. The third-order valence-electron chi connectivity index (χ3n) is 2.67. The lowest BCUT2D eigenvalue weighted by Gasteiger charge is -2.32. The van der Waals surface area contributed by atoms with Gasteiger partial charge in [-0.15, -0.1) is 0 Å². The normalized spacial score (nSPS) is 25.9. The molecule has 0 spiro atoms. The maximum absolute atomic E-state index is 10.9. The number of rotatable bonds is 4. The van der Waals surface area contributed by atoms with Gasteiger partial charge in [0.25, 0.3) is 0 Å². The highest BCUT2D eigenvalue weighted by atomic mass is 16.4. The van der Waals surface area contributed by atoms with Crippen molar-refractivity contribution in [2.45, 2.75) is 44.7 Å². The van der Waals surface area contributed by atoms with Crippen molar-refractivity contribution in [3.8, 4) is 0 Å². The summed E-state index contributed by atoms with van der Waals surface area (Å²) < 4.78 is 0. The highest BCUT2D eigenvalue weighted by molar-refractivity contribution is 5.73. The van der Waals surface area contributed by atoms with E-state index < -0.39 is 5.97 Å². The fourth-order valence-corrected chi connectivity index (χ4v) is 2.03. The van der Waals surface area contributed by atoms with E-state index in [4.69, 9.17) is 5.11 Å². The van der Waals surface area contributed by atoms with Gasteiger partial charge in [0, 0.05) is 19.0 Å². The van der Waals surface area contributed by atoms with Gasteiger partial charge in [-0.3, -0.25) is 9.59 Å². The maximum Gasteiger partial charge on any atom is 0.317 e. The first kappa shape index (κ1) is 12.0. The number of amides is 1. The van der Waals surface area contributed by atoms with Crippen LogP contribution in [0.3, 0.4) is 0 Å². The van der Waals surface area contributed by atoms with Crippen LogP contribution in [0.4, 0.5) is 0 Å². The summed E-state index contributed by atoms with van der Waals surface area (Å²) >= 11 is 0. The first-order valence-electron chi connectivity index (χ1n) is 5.32. The molecule has 1 rings (SSSR count). The number of hydrogen-bond donors (Lipinski definition) is 3. The Hall–Kier alpha value is -1.10. The van der Waals surface area contributed by atoms with Gasteiger partial charge in [0.2, 0.25) is 5.91 Å². The third-order valence-corrected chi connectivity index (χ3v) is 2.67. The van der Waals surface area contributed by atoms with Crippen LogP contribution in [0.5, 0.6) is 0 Å². The van der Waals surface area contributed by atoms with Gasteiger partial charge in [0.1, 0.15) is 0 Å². The van der Waals surface area contributed by atoms with Crippen molar-refractivity contribution in [2.24, 2.45) is 0 Å². The van der Waals surface area contributed by atoms with E-state index in [2.05, 4.69) is 10.6 Å². The summed E-state index contributed by atoms with van der Waals surface area (Å²) in [7, 11) is 0. The first-order valence-corrected chi connectivity index (χ1v) is 5.32. The van der Waals surface area contributed by atoms with Crippen molar-refractivity contribution >= 4 is 11.9 Å². The van der Waals surface area contributed by atoms with Crippen molar-refractivity contribution in [2.75, 3.05) is 6.54 Å². The van der Waals surface area contributed by atoms with Crippen LogP contribution >= 0.6 is 0 Å². The molecule has 0 aromatic heterocycles. The Labute approximate surface area is 89.2 Å². The second kappa shape index (κ2) is 5.70. The molecule has 1 saturated carbocycles. The average Bonchev–Trinajstić information content (AvgIpc) is 2.15. The Balaban J connectivity index is 2.42. The van der Waals surface area contributed by atoms with Gasteiger partial charge < -0.3 is 15.7 Å². The number of aliphatic carboxylic acids is 1. The standard InChI is InChI=1S/C10H18N2O3/c1-7(13)12-9-5-3-2-4-8(9)11-6-10(14)15/h8-9,11H,2-6H2,1H3,(H,12,13)(H,14,15). The van der Waals surface area contributed by atoms with Gasteiger partial charge in [-0.05, 0) is 12.8 Å². The van der Waals surface area contributed by atoms with Crippen molar-refractivity contribution in [3.63, 3.8) is 0 Å².